The Bertz CT molecular complexity index is 1750. The Morgan fingerprint density at radius 1 is 0.956 bits per heavy atom. The first kappa shape index (κ1) is 33.1. The van der Waals surface area contributed by atoms with Gasteiger partial charge in [-0.1, -0.05) is 62.4 Å². The smallest absolute Gasteiger partial charge is 0.329 e. The van der Waals surface area contributed by atoms with Crippen molar-refractivity contribution in [3.05, 3.63) is 76.8 Å². The van der Waals surface area contributed by atoms with Gasteiger partial charge in [0, 0.05) is 57.9 Å². The van der Waals surface area contributed by atoms with Gasteiger partial charge in [0.2, 0.25) is 20.0 Å². The molecule has 45 heavy (non-hydrogen) atoms. The molecule has 1 amide bonds. The zero-order valence-corrected chi connectivity index (χ0v) is 27.4. The quantitative estimate of drug-likeness (QED) is 0.321. The summed E-state index contributed by atoms with van der Waals surface area (Å²) in [7, 11) is -7.41. The fraction of sp³-hybridized carbons (Fsp3) is 0.484. The lowest BCUT2D eigenvalue weighted by Crippen LogP contribution is -2.47. The molecule has 2 aliphatic rings. The van der Waals surface area contributed by atoms with Crippen molar-refractivity contribution in [1.82, 2.24) is 28.4 Å². The molecule has 14 heteroatoms. The van der Waals surface area contributed by atoms with Gasteiger partial charge in [0.25, 0.3) is 5.91 Å². The zero-order valence-electron chi connectivity index (χ0n) is 25.8. The van der Waals surface area contributed by atoms with E-state index in [1.54, 1.807) is 39.8 Å². The van der Waals surface area contributed by atoms with Crippen LogP contribution in [0.5, 0.6) is 0 Å². The van der Waals surface area contributed by atoms with E-state index in [1.807, 2.05) is 44.2 Å². The van der Waals surface area contributed by atoms with Crippen LogP contribution in [0.2, 0.25) is 0 Å². The van der Waals surface area contributed by atoms with Gasteiger partial charge in [-0.25, -0.2) is 26.4 Å². The number of imidazole rings is 1. The summed E-state index contributed by atoms with van der Waals surface area (Å²) in [5.41, 5.74) is 0.770. The molecule has 1 aromatic heterocycles. The summed E-state index contributed by atoms with van der Waals surface area (Å²) in [5.74, 6) is -0.457. The van der Waals surface area contributed by atoms with E-state index >= 15 is 0 Å². The molecule has 0 spiro atoms. The number of nitrogens with zero attached hydrogens (tertiary/aromatic N) is 4. The number of hydrogen-bond donors (Lipinski definition) is 2. The molecule has 2 N–H and O–H groups in total. The molecule has 2 fully saturated rings. The number of piperidine rings is 1. The van der Waals surface area contributed by atoms with E-state index < -0.39 is 31.8 Å². The summed E-state index contributed by atoms with van der Waals surface area (Å²) in [4.78, 5) is 30.6. The zero-order chi connectivity index (χ0) is 32.2. The van der Waals surface area contributed by atoms with Crippen molar-refractivity contribution >= 4 is 26.0 Å². The summed E-state index contributed by atoms with van der Waals surface area (Å²) in [6.07, 6.45) is 1.06. The van der Waals surface area contributed by atoms with Gasteiger partial charge in [0.15, 0.2) is 0 Å². The normalized spacial score (nSPS) is 18.4. The van der Waals surface area contributed by atoms with Crippen LogP contribution in [0.25, 0.3) is 11.3 Å². The second-order valence-corrected chi connectivity index (χ2v) is 15.7. The minimum atomic E-state index is -3.82. The van der Waals surface area contributed by atoms with Crippen molar-refractivity contribution in [3.8, 4) is 11.3 Å². The van der Waals surface area contributed by atoms with Gasteiger partial charge in [-0.3, -0.25) is 13.9 Å². The van der Waals surface area contributed by atoms with E-state index in [0.717, 1.165) is 0 Å². The first-order valence-electron chi connectivity index (χ1n) is 15.4. The number of sulfonamides is 2. The van der Waals surface area contributed by atoms with Crippen molar-refractivity contribution in [2.24, 2.45) is 5.92 Å². The van der Waals surface area contributed by atoms with E-state index in [2.05, 4.69) is 10.0 Å². The summed E-state index contributed by atoms with van der Waals surface area (Å²) in [6, 6.07) is 16.8. The van der Waals surface area contributed by atoms with E-state index in [-0.39, 0.29) is 47.8 Å². The highest BCUT2D eigenvalue weighted by molar-refractivity contribution is 7.89. The van der Waals surface area contributed by atoms with Gasteiger partial charge in [0.05, 0.1) is 22.4 Å². The van der Waals surface area contributed by atoms with Gasteiger partial charge >= 0.3 is 5.69 Å². The van der Waals surface area contributed by atoms with Crippen LogP contribution >= 0.6 is 0 Å². The maximum absolute atomic E-state index is 14.4. The molecule has 2 saturated heterocycles. The molecule has 0 bridgehead atoms. The standard InChI is InChI=1S/C31H42N6O6S2/c1-24(2)23-44(40,41)33-17-21-36-29(30(38)34-19-15-32-16-20-34)28(25-10-5-3-6-11-25)37(31(36)39)26-12-9-18-35(22-26)45(42,43)27-13-7-4-8-14-27/h3-8,10-11,13-14,24,26,32-33H,9,12,15-23H2,1-2H3. The summed E-state index contributed by atoms with van der Waals surface area (Å²) < 4.78 is 59.4. The maximum atomic E-state index is 14.4. The fourth-order valence-electron chi connectivity index (χ4n) is 6.12. The Kier molecular flexibility index (Phi) is 10.3. The minimum absolute atomic E-state index is 0.0570. The highest BCUT2D eigenvalue weighted by atomic mass is 32.2. The molecule has 3 heterocycles. The Labute approximate surface area is 265 Å². The van der Waals surface area contributed by atoms with Gasteiger partial charge < -0.3 is 10.2 Å². The average Bonchev–Trinajstić information content (AvgIpc) is 3.33. The maximum Gasteiger partial charge on any atom is 0.329 e. The molecular weight excluding hydrogens is 617 g/mol. The van der Waals surface area contributed by atoms with Crippen molar-refractivity contribution in [2.75, 3.05) is 51.6 Å². The Morgan fingerprint density at radius 3 is 2.24 bits per heavy atom. The number of hydrogen-bond acceptors (Lipinski definition) is 7. The SMILES string of the molecule is CC(C)CS(=O)(=O)NCCn1c(C(=O)N2CCNCC2)c(-c2ccccc2)n(C2CCCN(S(=O)(=O)c3ccccc3)C2)c1=O. The molecule has 12 nitrogen and oxygen atoms in total. The third-order valence-electron chi connectivity index (χ3n) is 8.14. The van der Waals surface area contributed by atoms with Crippen LogP contribution in [0.3, 0.4) is 0 Å². The number of carbonyl (C=O) groups excluding carboxylic acids is 1. The molecule has 2 aliphatic heterocycles. The topological polar surface area (TPSA) is 143 Å². The Morgan fingerprint density at radius 2 is 1.60 bits per heavy atom. The molecular formula is C31H42N6O6S2. The predicted octanol–water partition coefficient (Wildman–Crippen LogP) is 1.96. The van der Waals surface area contributed by atoms with Crippen molar-refractivity contribution in [1.29, 1.82) is 0 Å². The Hall–Kier alpha value is -3.30. The third-order valence-corrected chi connectivity index (χ3v) is 11.8. The van der Waals surface area contributed by atoms with E-state index in [1.165, 1.54) is 8.87 Å². The van der Waals surface area contributed by atoms with Crippen molar-refractivity contribution in [3.63, 3.8) is 0 Å². The highest BCUT2D eigenvalue weighted by Gasteiger charge is 2.37. The van der Waals surface area contributed by atoms with Crippen LogP contribution in [-0.2, 0) is 26.6 Å². The highest BCUT2D eigenvalue weighted by Crippen LogP contribution is 2.32. The number of rotatable bonds is 11. The van der Waals surface area contributed by atoms with E-state index in [0.29, 0.717) is 56.8 Å². The molecule has 1 unspecified atom stereocenters. The molecule has 0 radical (unpaired) electrons. The number of benzene rings is 2. The van der Waals surface area contributed by atoms with Crippen LogP contribution in [-0.4, -0.2) is 92.6 Å². The van der Waals surface area contributed by atoms with Crippen molar-refractivity contribution < 1.29 is 21.6 Å². The van der Waals surface area contributed by atoms with Gasteiger partial charge in [-0.05, 0) is 30.9 Å². The average molecular weight is 659 g/mol. The van der Waals surface area contributed by atoms with Crippen LogP contribution in [0.1, 0.15) is 43.2 Å². The van der Waals surface area contributed by atoms with E-state index in [4.69, 9.17) is 0 Å². The number of piperazine rings is 1. The Balaban J connectivity index is 1.60. The second-order valence-electron chi connectivity index (χ2n) is 12.0. The molecule has 5 rings (SSSR count). The van der Waals surface area contributed by atoms with E-state index in [9.17, 15) is 26.4 Å². The monoisotopic (exact) mass is 658 g/mol. The van der Waals surface area contributed by atoms with Gasteiger partial charge in [-0.2, -0.15) is 4.31 Å². The fourth-order valence-corrected chi connectivity index (χ4v) is 9.05. The third kappa shape index (κ3) is 7.41. The molecule has 244 valence electrons. The van der Waals surface area contributed by atoms with Crippen LogP contribution in [0.15, 0.2) is 70.4 Å². The largest absolute Gasteiger partial charge is 0.335 e. The molecule has 1 atom stereocenters. The number of amides is 1. The summed E-state index contributed by atoms with van der Waals surface area (Å²) >= 11 is 0. The second kappa shape index (κ2) is 14.0. The molecule has 3 aromatic rings. The minimum Gasteiger partial charge on any atom is -0.335 e. The lowest BCUT2D eigenvalue weighted by molar-refractivity contribution is 0.0725. The van der Waals surface area contributed by atoms with Crippen LogP contribution < -0.4 is 15.7 Å². The summed E-state index contributed by atoms with van der Waals surface area (Å²) in [6.45, 7) is 6.00. The molecule has 2 aromatic carbocycles. The van der Waals surface area contributed by atoms with Crippen LogP contribution in [0, 0.1) is 5.92 Å². The van der Waals surface area contributed by atoms with Crippen LogP contribution in [0.4, 0.5) is 0 Å². The first-order valence-corrected chi connectivity index (χ1v) is 18.5. The predicted molar refractivity (Wildman–Crippen MR) is 173 cm³/mol. The number of carbonyl (C=O) groups is 1. The lowest BCUT2D eigenvalue weighted by atomic mass is 10.0. The lowest BCUT2D eigenvalue weighted by Gasteiger charge is -2.33. The van der Waals surface area contributed by atoms with Gasteiger partial charge in [0.1, 0.15) is 5.69 Å². The molecule has 0 saturated carbocycles. The van der Waals surface area contributed by atoms with Gasteiger partial charge in [-0.15, -0.1) is 0 Å². The number of aromatic nitrogens is 2. The number of nitrogens with one attached hydrogen (secondary N) is 2. The van der Waals surface area contributed by atoms with Crippen molar-refractivity contribution in [2.45, 2.75) is 44.2 Å². The summed E-state index contributed by atoms with van der Waals surface area (Å²) in [5, 5.41) is 3.24. The molecule has 0 aliphatic carbocycles. The first-order chi connectivity index (χ1) is 21.5.